The first-order valence-electron chi connectivity index (χ1n) is 8.53. The molecule has 2 aromatic carbocycles. The van der Waals surface area contributed by atoms with Crippen LogP contribution in [-0.2, 0) is 0 Å². The predicted molar refractivity (Wildman–Crippen MR) is 111 cm³/mol. The van der Waals surface area contributed by atoms with Gasteiger partial charge in [-0.25, -0.2) is 4.98 Å². The van der Waals surface area contributed by atoms with Crippen LogP contribution in [0.15, 0.2) is 54.7 Å². The third kappa shape index (κ3) is 4.35. The van der Waals surface area contributed by atoms with E-state index in [-0.39, 0.29) is 5.91 Å². The molecule has 0 bridgehead atoms. The van der Waals surface area contributed by atoms with E-state index in [9.17, 15) is 4.79 Å². The van der Waals surface area contributed by atoms with E-state index in [4.69, 9.17) is 21.1 Å². The van der Waals surface area contributed by atoms with Gasteiger partial charge in [0, 0.05) is 17.7 Å². The highest BCUT2D eigenvalue weighted by Gasteiger charge is 2.12. The van der Waals surface area contributed by atoms with Crippen molar-refractivity contribution in [1.82, 2.24) is 4.98 Å². The highest BCUT2D eigenvalue weighted by molar-refractivity contribution is 6.32. The van der Waals surface area contributed by atoms with E-state index in [0.717, 1.165) is 11.3 Å². The van der Waals surface area contributed by atoms with Crippen LogP contribution in [-0.4, -0.2) is 25.1 Å². The first kappa shape index (κ1) is 19.5. The molecule has 1 amide bonds. The van der Waals surface area contributed by atoms with Crippen LogP contribution in [0.1, 0.15) is 15.9 Å². The number of anilines is 3. The van der Waals surface area contributed by atoms with Crippen LogP contribution in [0.2, 0.25) is 5.02 Å². The highest BCUT2D eigenvalue weighted by Crippen LogP contribution is 2.37. The van der Waals surface area contributed by atoms with Crippen molar-refractivity contribution in [2.24, 2.45) is 0 Å². The Bertz CT molecular complexity index is 991. The lowest BCUT2D eigenvalue weighted by Crippen LogP contribution is -2.14. The van der Waals surface area contributed by atoms with Crippen molar-refractivity contribution >= 4 is 34.7 Å². The number of aromatic nitrogens is 1. The monoisotopic (exact) mass is 397 g/mol. The molecule has 1 heterocycles. The minimum Gasteiger partial charge on any atom is -0.495 e. The standard InChI is InChI=1S/C21H20ClN3O3/c1-13-6-4-5-7-15(13)21(26)25-20-9-8-14(12-23-20)24-17-11-18(27-2)16(22)10-19(17)28-3/h4-12,24H,1-3H3,(H,23,25,26). The fourth-order valence-electron chi connectivity index (χ4n) is 2.67. The molecule has 0 aliphatic heterocycles. The molecular weight excluding hydrogens is 378 g/mol. The third-order valence-electron chi connectivity index (χ3n) is 4.15. The summed E-state index contributed by atoms with van der Waals surface area (Å²) in [5, 5.41) is 6.46. The number of ether oxygens (including phenoxy) is 2. The second kappa shape index (κ2) is 8.63. The van der Waals surface area contributed by atoms with Crippen LogP contribution >= 0.6 is 11.6 Å². The molecule has 0 radical (unpaired) electrons. The molecule has 7 heteroatoms. The molecule has 0 aliphatic rings. The van der Waals surface area contributed by atoms with Gasteiger partial charge in [0.25, 0.3) is 5.91 Å². The normalized spacial score (nSPS) is 10.3. The van der Waals surface area contributed by atoms with Gasteiger partial charge in [0.2, 0.25) is 0 Å². The number of rotatable bonds is 6. The van der Waals surface area contributed by atoms with Crippen molar-refractivity contribution < 1.29 is 14.3 Å². The van der Waals surface area contributed by atoms with Gasteiger partial charge in [-0.05, 0) is 30.7 Å². The lowest BCUT2D eigenvalue weighted by Gasteiger charge is -2.14. The Morgan fingerprint density at radius 3 is 2.43 bits per heavy atom. The Labute approximate surface area is 168 Å². The number of nitrogens with one attached hydrogen (secondary N) is 2. The summed E-state index contributed by atoms with van der Waals surface area (Å²) in [6.45, 7) is 1.89. The van der Waals surface area contributed by atoms with Crippen molar-refractivity contribution in [2.75, 3.05) is 24.9 Å². The van der Waals surface area contributed by atoms with Gasteiger partial charge in [0.15, 0.2) is 0 Å². The average Bonchev–Trinajstić information content (AvgIpc) is 2.70. The zero-order valence-corrected chi connectivity index (χ0v) is 16.5. The van der Waals surface area contributed by atoms with Gasteiger partial charge in [-0.2, -0.15) is 0 Å². The summed E-state index contributed by atoms with van der Waals surface area (Å²) in [7, 11) is 3.11. The van der Waals surface area contributed by atoms with Gasteiger partial charge >= 0.3 is 0 Å². The highest BCUT2D eigenvalue weighted by atomic mass is 35.5. The molecule has 28 heavy (non-hydrogen) atoms. The van der Waals surface area contributed by atoms with Crippen molar-refractivity contribution in [3.63, 3.8) is 0 Å². The van der Waals surface area contributed by atoms with E-state index >= 15 is 0 Å². The largest absolute Gasteiger partial charge is 0.495 e. The van der Waals surface area contributed by atoms with Crippen LogP contribution in [0.5, 0.6) is 11.5 Å². The molecule has 0 spiro atoms. The Morgan fingerprint density at radius 1 is 1.04 bits per heavy atom. The Balaban J connectivity index is 1.75. The van der Waals surface area contributed by atoms with Crippen LogP contribution in [0.4, 0.5) is 17.2 Å². The van der Waals surface area contributed by atoms with Crippen LogP contribution in [0, 0.1) is 6.92 Å². The molecule has 0 saturated heterocycles. The number of hydrogen-bond donors (Lipinski definition) is 2. The first-order valence-corrected chi connectivity index (χ1v) is 8.91. The number of hydrogen-bond acceptors (Lipinski definition) is 5. The van der Waals surface area contributed by atoms with E-state index in [1.54, 1.807) is 50.7 Å². The summed E-state index contributed by atoms with van der Waals surface area (Å²) in [6.07, 6.45) is 1.62. The van der Waals surface area contributed by atoms with Crippen molar-refractivity contribution in [3.05, 3.63) is 70.9 Å². The van der Waals surface area contributed by atoms with E-state index < -0.39 is 0 Å². The molecule has 3 aromatic rings. The minimum absolute atomic E-state index is 0.199. The van der Waals surface area contributed by atoms with E-state index in [2.05, 4.69) is 15.6 Å². The molecule has 6 nitrogen and oxygen atoms in total. The molecule has 2 N–H and O–H groups in total. The number of methoxy groups -OCH3 is 2. The van der Waals surface area contributed by atoms with Gasteiger partial charge in [0.1, 0.15) is 17.3 Å². The van der Waals surface area contributed by atoms with Gasteiger partial charge in [0.05, 0.1) is 36.8 Å². The molecule has 0 saturated carbocycles. The molecule has 0 fully saturated rings. The van der Waals surface area contributed by atoms with Crippen molar-refractivity contribution in [3.8, 4) is 11.5 Å². The summed E-state index contributed by atoms with van der Waals surface area (Å²) >= 11 is 6.13. The summed E-state index contributed by atoms with van der Waals surface area (Å²) in [4.78, 5) is 16.7. The smallest absolute Gasteiger partial charge is 0.257 e. The number of pyridine rings is 1. The van der Waals surface area contributed by atoms with Crippen molar-refractivity contribution in [2.45, 2.75) is 6.92 Å². The zero-order chi connectivity index (χ0) is 20.1. The van der Waals surface area contributed by atoms with Gasteiger partial charge in [-0.15, -0.1) is 0 Å². The molecule has 0 atom stereocenters. The summed E-state index contributed by atoms with van der Waals surface area (Å²) in [6, 6.07) is 14.3. The molecular formula is C21H20ClN3O3. The number of benzene rings is 2. The summed E-state index contributed by atoms with van der Waals surface area (Å²) in [5.41, 5.74) is 2.92. The molecule has 3 rings (SSSR count). The number of amides is 1. The van der Waals surface area contributed by atoms with Crippen LogP contribution in [0.25, 0.3) is 0 Å². The number of aryl methyl sites for hydroxylation is 1. The van der Waals surface area contributed by atoms with E-state index in [1.165, 1.54) is 0 Å². The molecule has 0 aliphatic carbocycles. The maximum absolute atomic E-state index is 12.4. The fourth-order valence-corrected chi connectivity index (χ4v) is 2.90. The molecule has 1 aromatic heterocycles. The van der Waals surface area contributed by atoms with E-state index in [1.807, 2.05) is 25.1 Å². The number of halogens is 1. The Hall–Kier alpha value is -3.25. The lowest BCUT2D eigenvalue weighted by molar-refractivity contribution is 0.102. The third-order valence-corrected chi connectivity index (χ3v) is 4.44. The van der Waals surface area contributed by atoms with Gasteiger partial charge in [-0.1, -0.05) is 29.8 Å². The summed E-state index contributed by atoms with van der Waals surface area (Å²) in [5.74, 6) is 1.36. The quantitative estimate of drug-likeness (QED) is 0.608. The second-order valence-corrected chi connectivity index (χ2v) is 6.42. The molecule has 144 valence electrons. The minimum atomic E-state index is -0.199. The first-order chi connectivity index (χ1) is 13.5. The van der Waals surface area contributed by atoms with E-state index in [0.29, 0.717) is 33.6 Å². The van der Waals surface area contributed by atoms with Gasteiger partial charge < -0.3 is 20.1 Å². The molecule has 0 unspecified atom stereocenters. The average molecular weight is 398 g/mol. The SMILES string of the molecule is COc1cc(Nc2ccc(NC(=O)c3ccccc3C)nc2)c(OC)cc1Cl. The Kier molecular flexibility index (Phi) is 6.01. The second-order valence-electron chi connectivity index (χ2n) is 6.01. The number of nitrogens with zero attached hydrogens (tertiary/aromatic N) is 1. The maximum Gasteiger partial charge on any atom is 0.257 e. The van der Waals surface area contributed by atoms with Crippen LogP contribution < -0.4 is 20.1 Å². The number of carbonyl (C=O) groups is 1. The van der Waals surface area contributed by atoms with Crippen molar-refractivity contribution in [1.29, 1.82) is 0 Å². The predicted octanol–water partition coefficient (Wildman–Crippen LogP) is 5.06. The van der Waals surface area contributed by atoms with Gasteiger partial charge in [-0.3, -0.25) is 4.79 Å². The fraction of sp³-hybridized carbons (Fsp3) is 0.143. The lowest BCUT2D eigenvalue weighted by atomic mass is 10.1. The zero-order valence-electron chi connectivity index (χ0n) is 15.7. The topological polar surface area (TPSA) is 72.5 Å². The number of carbonyl (C=O) groups excluding carboxylic acids is 1. The Morgan fingerprint density at radius 2 is 1.79 bits per heavy atom. The summed E-state index contributed by atoms with van der Waals surface area (Å²) < 4.78 is 10.6. The maximum atomic E-state index is 12.4. The van der Waals surface area contributed by atoms with Crippen LogP contribution in [0.3, 0.4) is 0 Å².